The monoisotopic (exact) mass is 681 g/mol. The van der Waals surface area contributed by atoms with Crippen molar-refractivity contribution in [1.29, 1.82) is 0 Å². The zero-order valence-electron chi connectivity index (χ0n) is 21.0. The summed E-state index contributed by atoms with van der Waals surface area (Å²) in [5.41, 5.74) is 2.33. The Kier molecular flexibility index (Phi) is 8.29. The van der Waals surface area contributed by atoms with E-state index in [1.165, 1.54) is 46.8 Å². The number of nitrogens with one attached hydrogen (secondary N) is 1. The van der Waals surface area contributed by atoms with Crippen molar-refractivity contribution in [3.63, 3.8) is 0 Å². The van der Waals surface area contributed by atoms with Gasteiger partial charge in [-0.05, 0) is 79.1 Å². The molecule has 1 atom stereocenters. The van der Waals surface area contributed by atoms with Gasteiger partial charge in [-0.3, -0.25) is 0 Å². The molecule has 3 aromatic carbocycles. The van der Waals surface area contributed by atoms with E-state index in [2.05, 4.69) is 37.2 Å². The normalized spacial score (nSPS) is 17.9. The van der Waals surface area contributed by atoms with Crippen molar-refractivity contribution in [1.82, 2.24) is 9.21 Å². The van der Waals surface area contributed by atoms with Crippen molar-refractivity contribution >= 4 is 53.6 Å². The van der Waals surface area contributed by atoms with Crippen molar-refractivity contribution in [2.45, 2.75) is 30.8 Å². The van der Waals surface area contributed by atoms with E-state index in [0.29, 0.717) is 31.9 Å². The number of halogens is 3. The highest BCUT2D eigenvalue weighted by molar-refractivity contribution is 9.11. The highest BCUT2D eigenvalue weighted by Crippen LogP contribution is 2.36. The number of fused-ring (bicyclic) bond motifs is 1. The Labute approximate surface area is 243 Å². The molecule has 0 spiro atoms. The molecule has 0 aromatic heterocycles. The summed E-state index contributed by atoms with van der Waals surface area (Å²) in [7, 11) is -3.83. The van der Waals surface area contributed by atoms with E-state index < -0.39 is 21.9 Å². The third-order valence-electron chi connectivity index (χ3n) is 6.78. The number of morpholine rings is 1. The minimum absolute atomic E-state index is 0.0230. The fourth-order valence-electron chi connectivity index (χ4n) is 4.64. The van der Waals surface area contributed by atoms with Crippen molar-refractivity contribution in [3.05, 3.63) is 80.5 Å². The van der Waals surface area contributed by atoms with E-state index in [0.717, 1.165) is 20.1 Å². The molecule has 8 nitrogen and oxygen atoms in total. The van der Waals surface area contributed by atoms with Gasteiger partial charge in [-0.1, -0.05) is 31.9 Å². The number of sulfonamides is 1. The third-order valence-corrected chi connectivity index (χ3v) is 10.2. The van der Waals surface area contributed by atoms with Crippen LogP contribution in [-0.4, -0.2) is 56.0 Å². The smallest absolute Gasteiger partial charge is 0.322 e. The van der Waals surface area contributed by atoms with Crippen LogP contribution in [0.15, 0.2) is 68.4 Å². The first-order valence-corrected chi connectivity index (χ1v) is 15.3. The summed E-state index contributed by atoms with van der Waals surface area (Å²) in [5, 5.41) is 2.88. The first-order chi connectivity index (χ1) is 18.6. The van der Waals surface area contributed by atoms with Crippen LogP contribution in [0.25, 0.3) is 0 Å². The van der Waals surface area contributed by atoms with Crippen LogP contribution in [0.1, 0.15) is 18.1 Å². The van der Waals surface area contributed by atoms with Crippen molar-refractivity contribution in [3.8, 4) is 11.5 Å². The summed E-state index contributed by atoms with van der Waals surface area (Å²) in [6.07, 6.45) is 0.646. The molecule has 12 heteroatoms. The molecule has 1 saturated heterocycles. The molecule has 2 aliphatic rings. The predicted octanol–water partition coefficient (Wildman–Crippen LogP) is 6.14. The number of carbonyl (C=O) groups excluding carboxylic acids is 1. The minimum atomic E-state index is -3.83. The topological polar surface area (TPSA) is 88.2 Å². The Bertz CT molecular complexity index is 1500. The summed E-state index contributed by atoms with van der Waals surface area (Å²) in [6, 6.07) is 13.2. The van der Waals surface area contributed by atoms with Crippen LogP contribution in [0.5, 0.6) is 11.5 Å². The van der Waals surface area contributed by atoms with E-state index in [1.54, 1.807) is 4.90 Å². The molecule has 0 saturated carbocycles. The van der Waals surface area contributed by atoms with Gasteiger partial charge in [-0.2, -0.15) is 4.31 Å². The molecule has 3 aromatic rings. The highest BCUT2D eigenvalue weighted by Gasteiger charge is 2.31. The lowest BCUT2D eigenvalue weighted by molar-refractivity contribution is 0.0730. The average Bonchev–Trinajstić information content (AvgIpc) is 2.93. The summed E-state index contributed by atoms with van der Waals surface area (Å²) >= 11 is 7.21. The van der Waals surface area contributed by atoms with Gasteiger partial charge >= 0.3 is 6.03 Å². The number of anilines is 1. The molecular weight excluding hydrogens is 657 g/mol. The number of rotatable bonds is 5. The summed E-state index contributed by atoms with van der Waals surface area (Å²) in [6.45, 7) is 3.44. The van der Waals surface area contributed by atoms with Crippen LogP contribution < -0.4 is 10.1 Å². The van der Waals surface area contributed by atoms with Crippen molar-refractivity contribution < 1.29 is 27.1 Å². The maximum Gasteiger partial charge on any atom is 0.322 e. The lowest BCUT2D eigenvalue weighted by Gasteiger charge is -2.36. The van der Waals surface area contributed by atoms with Gasteiger partial charge in [0, 0.05) is 34.6 Å². The average molecular weight is 683 g/mol. The maximum absolute atomic E-state index is 13.6. The van der Waals surface area contributed by atoms with Gasteiger partial charge in [0.15, 0.2) is 5.75 Å². The van der Waals surface area contributed by atoms with E-state index in [4.69, 9.17) is 9.47 Å². The number of carbonyl (C=O) groups is 1. The largest absolute Gasteiger partial charge is 0.455 e. The van der Waals surface area contributed by atoms with Gasteiger partial charge in [0.1, 0.15) is 11.6 Å². The molecule has 1 unspecified atom stereocenters. The number of hydrogen-bond donors (Lipinski definition) is 1. The Morgan fingerprint density at radius 2 is 1.69 bits per heavy atom. The third kappa shape index (κ3) is 5.99. The molecule has 39 heavy (non-hydrogen) atoms. The molecule has 2 heterocycles. The lowest BCUT2D eigenvalue weighted by atomic mass is 9.95. The van der Waals surface area contributed by atoms with Crippen LogP contribution in [0.2, 0.25) is 0 Å². The molecule has 0 aliphatic carbocycles. The Morgan fingerprint density at radius 3 is 2.38 bits per heavy atom. The quantitative estimate of drug-likeness (QED) is 0.349. The Morgan fingerprint density at radius 1 is 1.03 bits per heavy atom. The van der Waals surface area contributed by atoms with Gasteiger partial charge in [-0.15, -0.1) is 0 Å². The number of amides is 2. The molecule has 2 amide bonds. The summed E-state index contributed by atoms with van der Waals surface area (Å²) < 4.78 is 54.6. The molecule has 1 fully saturated rings. The Balaban J connectivity index is 1.47. The van der Waals surface area contributed by atoms with E-state index in [9.17, 15) is 17.6 Å². The predicted molar refractivity (Wildman–Crippen MR) is 152 cm³/mol. The van der Waals surface area contributed by atoms with E-state index in [1.807, 2.05) is 19.1 Å². The zero-order chi connectivity index (χ0) is 27.7. The highest BCUT2D eigenvalue weighted by atomic mass is 79.9. The molecule has 2 aliphatic heterocycles. The molecule has 0 radical (unpaired) electrons. The number of ether oxygens (including phenoxy) is 2. The van der Waals surface area contributed by atoms with Crippen LogP contribution in [0.3, 0.4) is 0 Å². The van der Waals surface area contributed by atoms with Gasteiger partial charge < -0.3 is 19.7 Å². The summed E-state index contributed by atoms with van der Waals surface area (Å²) in [4.78, 5) is 15.3. The second-order valence-electron chi connectivity index (χ2n) is 9.33. The van der Waals surface area contributed by atoms with Crippen LogP contribution in [0.4, 0.5) is 14.9 Å². The van der Waals surface area contributed by atoms with Crippen LogP contribution >= 0.6 is 31.9 Å². The minimum Gasteiger partial charge on any atom is -0.455 e. The Hall–Kier alpha value is -2.51. The zero-order valence-corrected chi connectivity index (χ0v) is 25.0. The first kappa shape index (κ1) is 28.0. The molecule has 1 N–H and O–H groups in total. The lowest BCUT2D eigenvalue weighted by Crippen LogP contribution is -2.45. The van der Waals surface area contributed by atoms with Gasteiger partial charge in [-0.25, -0.2) is 17.6 Å². The second-order valence-corrected chi connectivity index (χ2v) is 13.0. The number of benzene rings is 3. The number of nitrogens with zero attached hydrogens (tertiary/aromatic N) is 2. The fourth-order valence-corrected chi connectivity index (χ4v) is 7.11. The second kappa shape index (κ2) is 11.5. The maximum atomic E-state index is 13.6. The van der Waals surface area contributed by atoms with Gasteiger partial charge in [0.05, 0.1) is 23.8 Å². The van der Waals surface area contributed by atoms with Gasteiger partial charge in [0.25, 0.3) is 0 Å². The van der Waals surface area contributed by atoms with E-state index in [-0.39, 0.29) is 35.5 Å². The van der Waals surface area contributed by atoms with Crippen LogP contribution in [0, 0.1) is 5.82 Å². The van der Waals surface area contributed by atoms with E-state index >= 15 is 0 Å². The molecule has 5 rings (SSSR count). The molecule has 206 valence electrons. The fraction of sp³-hybridized carbons (Fsp3) is 0.296. The first-order valence-electron chi connectivity index (χ1n) is 12.3. The number of urea groups is 1. The van der Waals surface area contributed by atoms with Crippen molar-refractivity contribution in [2.75, 3.05) is 31.6 Å². The number of hydrogen-bond acceptors (Lipinski definition) is 5. The van der Waals surface area contributed by atoms with Gasteiger partial charge in [0.2, 0.25) is 10.0 Å². The van der Waals surface area contributed by atoms with Crippen LogP contribution in [-0.2, 0) is 27.7 Å². The SMILES string of the molecule is CC1Cc2c(Br)ccc(Br)c2CN1C(=O)Nc1cc(S(=O)(=O)N2CCOCC2)ccc1Oc1ccc(F)cc1. The summed E-state index contributed by atoms with van der Waals surface area (Å²) in [5.74, 6) is 0.148. The molecule has 0 bridgehead atoms. The standard InChI is InChI=1S/C27H26Br2FN3O5S/c1-17-14-21-22(24(29)8-7-23(21)28)16-33(17)27(34)31-25-15-20(39(35,36)32-10-12-37-13-11-32)6-9-26(25)38-19-4-2-18(30)3-5-19/h2-9,15,17H,10-14,16H2,1H3,(H,31,34). The van der Waals surface area contributed by atoms with Crippen molar-refractivity contribution in [2.24, 2.45) is 0 Å². The molecular formula is C27H26Br2FN3O5S.